The topological polar surface area (TPSA) is 20.2 Å². The van der Waals surface area contributed by atoms with Crippen LogP contribution < -0.4 is 0 Å². The molecule has 0 bridgehead atoms. The van der Waals surface area contributed by atoms with Crippen LogP contribution in [0.5, 0.6) is 0 Å². The Morgan fingerprint density at radius 1 is 0.857 bits per heavy atom. The molecule has 0 rings (SSSR count). The molecular weight excluding hydrogens is 172 g/mol. The zero-order valence-corrected chi connectivity index (χ0v) is 9.10. The highest BCUT2D eigenvalue weighted by Gasteiger charge is 1.82. The van der Waals surface area contributed by atoms with Gasteiger partial charge in [0, 0.05) is 19.4 Å². The molecule has 78 valence electrons. The molecule has 0 unspecified atom stereocenters. The second-order valence-electron chi connectivity index (χ2n) is 3.24. The van der Waals surface area contributed by atoms with Gasteiger partial charge in [0.1, 0.15) is 0 Å². The van der Waals surface area contributed by atoms with Crippen LogP contribution in [0.4, 0.5) is 0 Å². The van der Waals surface area contributed by atoms with Gasteiger partial charge in [-0.25, -0.2) is 0 Å². The van der Waals surface area contributed by atoms with Gasteiger partial charge in [0.2, 0.25) is 0 Å². The van der Waals surface area contributed by atoms with Gasteiger partial charge in [-0.05, 0) is 24.7 Å². The van der Waals surface area contributed by atoms with Crippen LogP contribution in [0, 0.1) is 23.7 Å². The molecule has 0 fully saturated rings. The Labute approximate surface area is 87.9 Å². The van der Waals surface area contributed by atoms with Gasteiger partial charge in [0.25, 0.3) is 0 Å². The zero-order chi connectivity index (χ0) is 10.5. The normalized spacial score (nSPS) is 8.43. The molecule has 0 saturated heterocycles. The van der Waals surface area contributed by atoms with E-state index >= 15 is 0 Å². The summed E-state index contributed by atoms with van der Waals surface area (Å²) in [4.78, 5) is 0. The number of rotatable bonds is 6. The first-order valence-corrected chi connectivity index (χ1v) is 5.48. The molecule has 0 aliphatic rings. The standard InChI is InChI=1S/C13H20O/c1-2-3-4-5-6-7-8-9-10-11-12-13-14/h14H,2-6,11-13H2,1H3. The van der Waals surface area contributed by atoms with Crippen molar-refractivity contribution < 1.29 is 5.11 Å². The average Bonchev–Trinajstić information content (AvgIpc) is 2.21. The van der Waals surface area contributed by atoms with Crippen molar-refractivity contribution in [3.63, 3.8) is 0 Å². The fourth-order valence-corrected chi connectivity index (χ4v) is 1.02. The molecule has 1 heteroatoms. The van der Waals surface area contributed by atoms with Crippen LogP contribution in [0.2, 0.25) is 0 Å². The van der Waals surface area contributed by atoms with Crippen LogP contribution in [0.15, 0.2) is 0 Å². The van der Waals surface area contributed by atoms with E-state index in [1.807, 2.05) is 0 Å². The quantitative estimate of drug-likeness (QED) is 0.507. The monoisotopic (exact) mass is 192 g/mol. The fraction of sp³-hybridized carbons (Fsp3) is 0.692. The second kappa shape index (κ2) is 12.1. The average molecular weight is 192 g/mol. The first kappa shape index (κ1) is 13.1. The second-order valence-corrected chi connectivity index (χ2v) is 3.24. The Morgan fingerprint density at radius 2 is 1.50 bits per heavy atom. The summed E-state index contributed by atoms with van der Waals surface area (Å²) < 4.78 is 0. The molecule has 0 heterocycles. The molecule has 0 atom stereocenters. The smallest absolute Gasteiger partial charge is 0.0440 e. The molecule has 0 radical (unpaired) electrons. The van der Waals surface area contributed by atoms with E-state index in [-0.39, 0.29) is 6.61 Å². The van der Waals surface area contributed by atoms with Crippen molar-refractivity contribution in [1.29, 1.82) is 0 Å². The van der Waals surface area contributed by atoms with E-state index in [1.54, 1.807) is 0 Å². The van der Waals surface area contributed by atoms with Crippen molar-refractivity contribution in [3.05, 3.63) is 0 Å². The van der Waals surface area contributed by atoms with E-state index in [0.29, 0.717) is 0 Å². The van der Waals surface area contributed by atoms with Gasteiger partial charge in [-0.2, -0.15) is 0 Å². The number of aliphatic hydroxyl groups is 1. The maximum Gasteiger partial charge on any atom is 0.0440 e. The molecule has 14 heavy (non-hydrogen) atoms. The summed E-state index contributed by atoms with van der Waals surface area (Å²) in [7, 11) is 0. The fourth-order valence-electron chi connectivity index (χ4n) is 1.02. The number of aliphatic hydroxyl groups excluding tert-OH is 1. The van der Waals surface area contributed by atoms with Gasteiger partial charge in [-0.1, -0.05) is 38.0 Å². The van der Waals surface area contributed by atoms with Crippen LogP contribution in [-0.4, -0.2) is 11.7 Å². The molecule has 1 N–H and O–H groups in total. The third-order valence-corrected chi connectivity index (χ3v) is 1.85. The van der Waals surface area contributed by atoms with E-state index in [1.165, 1.54) is 25.7 Å². The van der Waals surface area contributed by atoms with Gasteiger partial charge in [0.05, 0.1) is 0 Å². The van der Waals surface area contributed by atoms with Crippen LogP contribution in [0.25, 0.3) is 0 Å². The summed E-state index contributed by atoms with van der Waals surface area (Å²) in [6, 6.07) is 0. The van der Waals surface area contributed by atoms with E-state index in [9.17, 15) is 0 Å². The Balaban J connectivity index is 3.28. The zero-order valence-electron chi connectivity index (χ0n) is 9.10. The van der Waals surface area contributed by atoms with Gasteiger partial charge in [0.15, 0.2) is 0 Å². The van der Waals surface area contributed by atoms with Gasteiger partial charge < -0.3 is 5.11 Å². The van der Waals surface area contributed by atoms with Crippen molar-refractivity contribution in [3.8, 4) is 23.7 Å². The van der Waals surface area contributed by atoms with E-state index < -0.39 is 0 Å². The Morgan fingerprint density at radius 3 is 2.07 bits per heavy atom. The molecule has 0 aromatic carbocycles. The Bertz CT molecular complexity index is 221. The summed E-state index contributed by atoms with van der Waals surface area (Å²) in [5.41, 5.74) is 0. The van der Waals surface area contributed by atoms with E-state index in [2.05, 4.69) is 30.6 Å². The predicted molar refractivity (Wildman–Crippen MR) is 60.6 cm³/mol. The predicted octanol–water partition coefficient (Wildman–Crippen LogP) is 2.74. The summed E-state index contributed by atoms with van der Waals surface area (Å²) in [6.45, 7) is 2.43. The minimum Gasteiger partial charge on any atom is -0.396 e. The lowest BCUT2D eigenvalue weighted by Gasteiger charge is -1.90. The summed E-state index contributed by atoms with van der Waals surface area (Å²) in [5, 5.41) is 8.49. The van der Waals surface area contributed by atoms with Gasteiger partial charge in [-0.3, -0.25) is 0 Å². The number of hydrogen-bond donors (Lipinski definition) is 1. The van der Waals surface area contributed by atoms with Crippen molar-refractivity contribution in [2.75, 3.05) is 6.61 Å². The molecule has 0 saturated carbocycles. The SMILES string of the molecule is CCCCCCC#CC#CCCCO. The molecule has 0 aromatic rings. The highest BCUT2D eigenvalue weighted by atomic mass is 16.2. The molecule has 0 aliphatic heterocycles. The maximum atomic E-state index is 8.49. The third kappa shape index (κ3) is 11.1. The van der Waals surface area contributed by atoms with Crippen molar-refractivity contribution in [1.82, 2.24) is 0 Å². The largest absolute Gasteiger partial charge is 0.396 e. The molecular formula is C13H20O. The van der Waals surface area contributed by atoms with Crippen molar-refractivity contribution in [2.24, 2.45) is 0 Å². The van der Waals surface area contributed by atoms with Gasteiger partial charge in [-0.15, -0.1) is 0 Å². The van der Waals surface area contributed by atoms with E-state index in [0.717, 1.165) is 19.3 Å². The van der Waals surface area contributed by atoms with Crippen LogP contribution in [-0.2, 0) is 0 Å². The lowest BCUT2D eigenvalue weighted by Crippen LogP contribution is -1.78. The summed E-state index contributed by atoms with van der Waals surface area (Å²) in [5.74, 6) is 11.6. The van der Waals surface area contributed by atoms with Crippen LogP contribution in [0.1, 0.15) is 51.9 Å². The highest BCUT2D eigenvalue weighted by Crippen LogP contribution is 2.00. The first-order chi connectivity index (χ1) is 6.91. The molecule has 1 nitrogen and oxygen atoms in total. The van der Waals surface area contributed by atoms with Crippen molar-refractivity contribution >= 4 is 0 Å². The van der Waals surface area contributed by atoms with Gasteiger partial charge >= 0.3 is 0 Å². The van der Waals surface area contributed by atoms with E-state index in [4.69, 9.17) is 5.11 Å². The molecule has 0 aromatic heterocycles. The Hall–Kier alpha value is -0.920. The molecule has 0 aliphatic carbocycles. The highest BCUT2D eigenvalue weighted by molar-refractivity contribution is 5.25. The molecule has 0 amide bonds. The summed E-state index contributed by atoms with van der Waals surface area (Å²) >= 11 is 0. The minimum absolute atomic E-state index is 0.221. The van der Waals surface area contributed by atoms with Crippen LogP contribution >= 0.6 is 0 Å². The lowest BCUT2D eigenvalue weighted by molar-refractivity contribution is 0.290. The number of unbranched alkanes of at least 4 members (excludes halogenated alkanes) is 5. The van der Waals surface area contributed by atoms with Crippen LogP contribution in [0.3, 0.4) is 0 Å². The number of hydrogen-bond acceptors (Lipinski definition) is 1. The third-order valence-electron chi connectivity index (χ3n) is 1.85. The summed E-state index contributed by atoms with van der Waals surface area (Å²) in [6.07, 6.45) is 7.53. The maximum absolute atomic E-state index is 8.49. The Kier molecular flexibility index (Phi) is 11.3. The molecule has 0 spiro atoms. The van der Waals surface area contributed by atoms with Crippen molar-refractivity contribution in [2.45, 2.75) is 51.9 Å². The minimum atomic E-state index is 0.221. The first-order valence-electron chi connectivity index (χ1n) is 5.48. The lowest BCUT2D eigenvalue weighted by atomic mass is 10.2.